The Balaban J connectivity index is 1.25. The van der Waals surface area contributed by atoms with Gasteiger partial charge in [0.25, 0.3) is 0 Å². The van der Waals surface area contributed by atoms with Crippen molar-refractivity contribution in [1.82, 2.24) is 14.9 Å². The Bertz CT molecular complexity index is 1140. The van der Waals surface area contributed by atoms with Crippen LogP contribution < -0.4 is 28.9 Å². The lowest BCUT2D eigenvalue weighted by molar-refractivity contribution is -0.143. The zero-order valence-corrected chi connectivity index (χ0v) is 25.5. The predicted molar refractivity (Wildman–Crippen MR) is 163 cm³/mol. The molecule has 0 saturated carbocycles. The van der Waals surface area contributed by atoms with Gasteiger partial charge in [-0.15, -0.1) is 0 Å². The molecule has 0 bridgehead atoms. The van der Waals surface area contributed by atoms with E-state index in [2.05, 4.69) is 25.7 Å². The molecule has 42 heavy (non-hydrogen) atoms. The monoisotopic (exact) mass is 582 g/mol. The van der Waals surface area contributed by atoms with Crippen LogP contribution in [0.25, 0.3) is 0 Å². The van der Waals surface area contributed by atoms with Crippen LogP contribution in [0.4, 0.5) is 17.6 Å². The lowest BCUT2D eigenvalue weighted by Crippen LogP contribution is -2.46. The number of benzene rings is 1. The van der Waals surface area contributed by atoms with Gasteiger partial charge in [0, 0.05) is 77.0 Å². The summed E-state index contributed by atoms with van der Waals surface area (Å²) < 4.78 is 22.5. The number of anilines is 3. The highest BCUT2D eigenvalue weighted by molar-refractivity contribution is 5.69. The van der Waals surface area contributed by atoms with E-state index in [-0.39, 0.29) is 5.97 Å². The maximum Gasteiger partial charge on any atom is 0.305 e. The summed E-state index contributed by atoms with van der Waals surface area (Å²) in [5, 5.41) is 0. The van der Waals surface area contributed by atoms with Crippen molar-refractivity contribution >= 4 is 23.6 Å². The quantitative estimate of drug-likeness (QED) is 0.255. The second-order valence-corrected chi connectivity index (χ2v) is 11.1. The van der Waals surface area contributed by atoms with E-state index in [0.717, 1.165) is 82.1 Å². The summed E-state index contributed by atoms with van der Waals surface area (Å²) in [5.74, 6) is 4.64. The molecule has 0 amide bonds. The van der Waals surface area contributed by atoms with Crippen LogP contribution >= 0.6 is 0 Å². The first-order valence-corrected chi connectivity index (χ1v) is 15.5. The SMILES string of the molecule is CCOC(=O)CCCOc1c(CN2CCN(c3cc(N4CCCC4)nc(N4CCCC4)n3)CC2)ccc(OC)c1OC. The summed E-state index contributed by atoms with van der Waals surface area (Å²) in [6.45, 7) is 11.1. The van der Waals surface area contributed by atoms with E-state index in [4.69, 9.17) is 28.9 Å². The Morgan fingerprint density at radius 2 is 1.45 bits per heavy atom. The fourth-order valence-corrected chi connectivity index (χ4v) is 5.96. The van der Waals surface area contributed by atoms with Crippen molar-refractivity contribution in [2.24, 2.45) is 0 Å². The van der Waals surface area contributed by atoms with E-state index in [1.165, 1.54) is 25.7 Å². The molecule has 3 aliphatic heterocycles. The normalized spacial score (nSPS) is 17.5. The van der Waals surface area contributed by atoms with Crippen LogP contribution in [0.15, 0.2) is 18.2 Å². The number of esters is 1. The van der Waals surface area contributed by atoms with Gasteiger partial charge in [0.2, 0.25) is 11.7 Å². The maximum absolute atomic E-state index is 11.8. The smallest absolute Gasteiger partial charge is 0.305 e. The van der Waals surface area contributed by atoms with Gasteiger partial charge in [-0.1, -0.05) is 6.07 Å². The Labute approximate surface area is 249 Å². The van der Waals surface area contributed by atoms with Crippen molar-refractivity contribution in [1.29, 1.82) is 0 Å². The molecule has 230 valence electrons. The lowest BCUT2D eigenvalue weighted by Gasteiger charge is -2.36. The third kappa shape index (κ3) is 7.29. The van der Waals surface area contributed by atoms with Gasteiger partial charge < -0.3 is 33.6 Å². The number of ether oxygens (including phenoxy) is 4. The Morgan fingerprint density at radius 3 is 2.07 bits per heavy atom. The summed E-state index contributed by atoms with van der Waals surface area (Å²) in [6, 6.07) is 6.16. The predicted octanol–water partition coefficient (Wildman–Crippen LogP) is 3.74. The van der Waals surface area contributed by atoms with Crippen LogP contribution in [0.5, 0.6) is 17.2 Å². The third-order valence-electron chi connectivity index (χ3n) is 8.26. The minimum absolute atomic E-state index is 0.208. The summed E-state index contributed by atoms with van der Waals surface area (Å²) >= 11 is 0. The standard InChI is InChI=1S/C31H46N6O5/c1-4-41-28(38)10-9-21-42-29-24(11-12-25(39-2)30(29)40-3)23-34-17-19-36(20-18-34)27-22-26(35-13-5-6-14-35)32-31(33-27)37-15-7-8-16-37/h11-12,22H,4-10,13-21,23H2,1-3H3. The first-order chi connectivity index (χ1) is 20.6. The third-order valence-corrected chi connectivity index (χ3v) is 8.26. The molecule has 0 aliphatic carbocycles. The van der Waals surface area contributed by atoms with Gasteiger partial charge in [-0.3, -0.25) is 9.69 Å². The molecule has 3 saturated heterocycles. The number of rotatable bonds is 13. The Hall–Kier alpha value is -3.47. The molecule has 0 radical (unpaired) electrons. The van der Waals surface area contributed by atoms with Crippen molar-refractivity contribution in [3.8, 4) is 17.2 Å². The number of hydrogen-bond donors (Lipinski definition) is 0. The minimum Gasteiger partial charge on any atom is -0.493 e. The van der Waals surface area contributed by atoms with Crippen LogP contribution in [-0.4, -0.2) is 101 Å². The molecule has 3 aliphatic rings. The van der Waals surface area contributed by atoms with Crippen LogP contribution in [0.3, 0.4) is 0 Å². The molecule has 2 aromatic rings. The van der Waals surface area contributed by atoms with Crippen LogP contribution in [0, 0.1) is 0 Å². The second-order valence-electron chi connectivity index (χ2n) is 11.1. The summed E-state index contributed by atoms with van der Waals surface area (Å²) in [7, 11) is 3.25. The Kier molecular flexibility index (Phi) is 10.4. The zero-order chi connectivity index (χ0) is 29.3. The molecule has 11 nitrogen and oxygen atoms in total. The van der Waals surface area contributed by atoms with Crippen molar-refractivity contribution in [2.45, 2.75) is 52.0 Å². The van der Waals surface area contributed by atoms with Crippen LogP contribution in [0.1, 0.15) is 51.0 Å². The molecule has 5 rings (SSSR count). The van der Waals surface area contributed by atoms with Crippen LogP contribution in [-0.2, 0) is 16.1 Å². The number of carbonyl (C=O) groups is 1. The number of methoxy groups -OCH3 is 2. The van der Waals surface area contributed by atoms with E-state index >= 15 is 0 Å². The van der Waals surface area contributed by atoms with Crippen molar-refractivity contribution in [2.75, 3.05) is 94.5 Å². The summed E-state index contributed by atoms with van der Waals surface area (Å²) in [6.07, 6.45) is 5.75. The van der Waals surface area contributed by atoms with Crippen LogP contribution in [0.2, 0.25) is 0 Å². The van der Waals surface area contributed by atoms with Gasteiger partial charge in [-0.25, -0.2) is 0 Å². The van der Waals surface area contributed by atoms with Gasteiger partial charge in [0.05, 0.1) is 27.4 Å². The largest absolute Gasteiger partial charge is 0.493 e. The first-order valence-electron chi connectivity index (χ1n) is 15.5. The van der Waals surface area contributed by atoms with E-state index < -0.39 is 0 Å². The first kappa shape index (κ1) is 30.0. The number of piperazine rings is 1. The minimum atomic E-state index is -0.208. The average molecular weight is 583 g/mol. The Morgan fingerprint density at radius 1 is 0.810 bits per heavy atom. The summed E-state index contributed by atoms with van der Waals surface area (Å²) in [5.41, 5.74) is 1.03. The molecule has 0 atom stereocenters. The van der Waals surface area contributed by atoms with Gasteiger partial charge in [0.15, 0.2) is 11.5 Å². The van der Waals surface area contributed by atoms with E-state index in [9.17, 15) is 4.79 Å². The van der Waals surface area contributed by atoms with Gasteiger partial charge in [-0.05, 0) is 45.1 Å². The topological polar surface area (TPSA) is 92.7 Å². The van der Waals surface area contributed by atoms with Gasteiger partial charge in [-0.2, -0.15) is 9.97 Å². The highest BCUT2D eigenvalue weighted by atomic mass is 16.5. The van der Waals surface area contributed by atoms with Gasteiger partial charge >= 0.3 is 5.97 Å². The number of nitrogens with zero attached hydrogens (tertiary/aromatic N) is 6. The van der Waals surface area contributed by atoms with E-state index in [0.29, 0.717) is 43.3 Å². The number of hydrogen-bond acceptors (Lipinski definition) is 11. The van der Waals surface area contributed by atoms with Crippen molar-refractivity contribution in [3.05, 3.63) is 23.8 Å². The fourth-order valence-electron chi connectivity index (χ4n) is 5.96. The van der Waals surface area contributed by atoms with Crippen molar-refractivity contribution in [3.63, 3.8) is 0 Å². The molecule has 0 unspecified atom stereocenters. The van der Waals surface area contributed by atoms with Gasteiger partial charge in [0.1, 0.15) is 11.6 Å². The highest BCUT2D eigenvalue weighted by Gasteiger charge is 2.26. The molecule has 0 spiro atoms. The number of aromatic nitrogens is 2. The molecule has 4 heterocycles. The van der Waals surface area contributed by atoms with E-state index in [1.54, 1.807) is 14.2 Å². The second kappa shape index (κ2) is 14.6. The van der Waals surface area contributed by atoms with E-state index in [1.807, 2.05) is 19.1 Å². The zero-order valence-electron chi connectivity index (χ0n) is 25.5. The average Bonchev–Trinajstić information content (AvgIpc) is 3.75. The molecular weight excluding hydrogens is 536 g/mol. The molecular formula is C31H46N6O5. The number of carbonyl (C=O) groups excluding carboxylic acids is 1. The highest BCUT2D eigenvalue weighted by Crippen LogP contribution is 2.41. The fraction of sp³-hybridized carbons (Fsp3) is 0.645. The molecule has 0 N–H and O–H groups in total. The molecule has 1 aromatic carbocycles. The maximum atomic E-state index is 11.8. The molecule has 11 heteroatoms. The summed E-state index contributed by atoms with van der Waals surface area (Å²) in [4.78, 5) is 31.4. The van der Waals surface area contributed by atoms with Crippen molar-refractivity contribution < 1.29 is 23.7 Å². The molecule has 1 aromatic heterocycles. The lowest BCUT2D eigenvalue weighted by atomic mass is 10.1. The molecule has 3 fully saturated rings.